The van der Waals surface area contributed by atoms with Crippen molar-refractivity contribution in [3.63, 3.8) is 0 Å². The fourth-order valence-electron chi connectivity index (χ4n) is 2.46. The molecule has 20 heavy (non-hydrogen) atoms. The van der Waals surface area contributed by atoms with Gasteiger partial charge in [-0.05, 0) is 19.3 Å². The van der Waals surface area contributed by atoms with E-state index in [-0.39, 0.29) is 17.9 Å². The summed E-state index contributed by atoms with van der Waals surface area (Å²) in [7, 11) is -3.36. The van der Waals surface area contributed by atoms with E-state index in [0.29, 0.717) is 26.2 Å². The normalized spacial score (nSPS) is 24.8. The van der Waals surface area contributed by atoms with Gasteiger partial charge in [0, 0.05) is 32.2 Å². The van der Waals surface area contributed by atoms with E-state index in [4.69, 9.17) is 10.9 Å². The summed E-state index contributed by atoms with van der Waals surface area (Å²) < 4.78 is 28.3. The lowest BCUT2D eigenvalue weighted by atomic mass is 10.1. The Labute approximate surface area is 119 Å². The number of rotatable bonds is 6. The topological polar surface area (TPSA) is 111 Å². The van der Waals surface area contributed by atoms with Crippen LogP contribution in [-0.2, 0) is 10.2 Å². The minimum atomic E-state index is -3.36. The van der Waals surface area contributed by atoms with Gasteiger partial charge in [-0.25, -0.2) is 0 Å². The van der Waals surface area contributed by atoms with Gasteiger partial charge in [0.1, 0.15) is 0 Å². The number of hydrogen-bond acceptors (Lipinski definition) is 5. The van der Waals surface area contributed by atoms with Crippen molar-refractivity contribution >= 4 is 16.0 Å². The smallest absolute Gasteiger partial charge is 0.279 e. The number of oxime groups is 1. The number of nitrogens with zero attached hydrogens (tertiary/aromatic N) is 3. The molecule has 0 spiro atoms. The van der Waals surface area contributed by atoms with Crippen LogP contribution in [-0.4, -0.2) is 66.9 Å². The summed E-state index contributed by atoms with van der Waals surface area (Å²) in [6, 6.07) is -0.0140. The summed E-state index contributed by atoms with van der Waals surface area (Å²) in [5.41, 5.74) is 5.67. The largest absolute Gasteiger partial charge is 0.409 e. The molecule has 1 atom stereocenters. The average Bonchev–Trinajstić information content (AvgIpc) is 3.23. The van der Waals surface area contributed by atoms with Crippen LogP contribution in [0.4, 0.5) is 0 Å². The van der Waals surface area contributed by atoms with E-state index >= 15 is 0 Å². The molecule has 0 aromatic rings. The minimum Gasteiger partial charge on any atom is -0.409 e. The third-order valence-electron chi connectivity index (χ3n) is 3.79. The van der Waals surface area contributed by atoms with E-state index in [1.54, 1.807) is 0 Å². The van der Waals surface area contributed by atoms with Crippen molar-refractivity contribution in [3.05, 3.63) is 0 Å². The predicted octanol–water partition coefficient (Wildman–Crippen LogP) is -0.874. The van der Waals surface area contributed by atoms with Gasteiger partial charge in [0.15, 0.2) is 5.84 Å². The Morgan fingerprint density at radius 2 is 2.00 bits per heavy atom. The monoisotopic (exact) mass is 305 g/mol. The van der Waals surface area contributed by atoms with Crippen molar-refractivity contribution < 1.29 is 13.6 Å². The summed E-state index contributed by atoms with van der Waals surface area (Å²) >= 11 is 0. The molecule has 0 bridgehead atoms. The highest BCUT2D eigenvalue weighted by Crippen LogP contribution is 2.21. The zero-order valence-corrected chi connectivity index (χ0v) is 12.5. The van der Waals surface area contributed by atoms with E-state index in [9.17, 15) is 8.42 Å². The highest BCUT2D eigenvalue weighted by molar-refractivity contribution is 7.87. The van der Waals surface area contributed by atoms with Crippen LogP contribution in [0.2, 0.25) is 0 Å². The summed E-state index contributed by atoms with van der Waals surface area (Å²) in [5.74, 6) is 0.180. The number of hydrogen-bond donors (Lipinski definition) is 3. The second-order valence-corrected chi connectivity index (χ2v) is 6.98. The fourth-order valence-corrected chi connectivity index (χ4v) is 3.91. The van der Waals surface area contributed by atoms with Crippen LogP contribution >= 0.6 is 0 Å². The van der Waals surface area contributed by atoms with Gasteiger partial charge in [0.25, 0.3) is 10.2 Å². The second kappa shape index (κ2) is 6.25. The first-order valence-electron chi connectivity index (χ1n) is 6.96. The van der Waals surface area contributed by atoms with Crippen LogP contribution in [0.15, 0.2) is 5.16 Å². The lowest BCUT2D eigenvalue weighted by Gasteiger charge is -2.37. The molecular formula is C11H23N5O3S. The van der Waals surface area contributed by atoms with Gasteiger partial charge in [-0.2, -0.15) is 17.4 Å². The number of amidine groups is 1. The first-order chi connectivity index (χ1) is 9.47. The molecule has 2 rings (SSSR count). The molecular weight excluding hydrogens is 282 g/mol. The summed E-state index contributed by atoms with van der Waals surface area (Å²) in [4.78, 5) is 2.05. The van der Waals surface area contributed by atoms with Crippen molar-refractivity contribution in [2.75, 3.05) is 26.2 Å². The Morgan fingerprint density at radius 3 is 2.45 bits per heavy atom. The maximum atomic E-state index is 12.1. The van der Waals surface area contributed by atoms with E-state index < -0.39 is 10.2 Å². The highest BCUT2D eigenvalue weighted by atomic mass is 32.2. The molecule has 1 saturated carbocycles. The molecule has 9 heteroatoms. The van der Waals surface area contributed by atoms with Gasteiger partial charge in [-0.3, -0.25) is 4.90 Å². The van der Waals surface area contributed by atoms with E-state index in [1.807, 2.05) is 6.92 Å². The Kier molecular flexibility index (Phi) is 4.84. The van der Waals surface area contributed by atoms with Gasteiger partial charge in [0.05, 0.1) is 6.04 Å². The molecule has 1 aliphatic heterocycles. The molecule has 0 amide bonds. The van der Waals surface area contributed by atoms with Crippen molar-refractivity contribution in [3.8, 4) is 0 Å². The molecule has 0 aromatic heterocycles. The third-order valence-corrected chi connectivity index (χ3v) is 5.47. The predicted molar refractivity (Wildman–Crippen MR) is 75.7 cm³/mol. The number of nitrogens with two attached hydrogens (primary N) is 1. The molecule has 0 aromatic carbocycles. The fraction of sp³-hybridized carbons (Fsp3) is 0.909. The molecule has 1 heterocycles. The molecule has 1 unspecified atom stereocenters. The molecule has 4 N–H and O–H groups in total. The summed E-state index contributed by atoms with van der Waals surface area (Å²) in [6.45, 7) is 3.98. The third kappa shape index (κ3) is 3.60. The zero-order chi connectivity index (χ0) is 14.8. The molecule has 2 fully saturated rings. The molecule has 2 aliphatic rings. The van der Waals surface area contributed by atoms with Crippen LogP contribution in [0.25, 0.3) is 0 Å². The first-order valence-corrected chi connectivity index (χ1v) is 8.40. The molecule has 8 nitrogen and oxygen atoms in total. The van der Waals surface area contributed by atoms with E-state index in [2.05, 4.69) is 14.8 Å². The second-order valence-electron chi connectivity index (χ2n) is 5.28. The lowest BCUT2D eigenvalue weighted by molar-refractivity contribution is 0.160. The van der Waals surface area contributed by atoms with Crippen LogP contribution in [0.3, 0.4) is 0 Å². The summed E-state index contributed by atoms with van der Waals surface area (Å²) in [6.07, 6.45) is 2.59. The quantitative estimate of drug-likeness (QED) is 0.255. The SMILES string of the molecule is CCC(C(N)=NO)N1CCN(S(=O)(=O)NC2CC2)CC1. The Balaban J connectivity index is 1.91. The van der Waals surface area contributed by atoms with Crippen LogP contribution in [0.1, 0.15) is 26.2 Å². The molecule has 116 valence electrons. The lowest BCUT2D eigenvalue weighted by Crippen LogP contribution is -2.56. The van der Waals surface area contributed by atoms with Crippen molar-refractivity contribution in [2.24, 2.45) is 10.9 Å². The standard InChI is InChI=1S/C11H23N5O3S/c1-2-10(11(12)13-17)15-5-7-16(8-6-15)20(18,19)14-9-3-4-9/h9-10,14,17H,2-8H2,1H3,(H2,12,13). The minimum absolute atomic E-state index is 0.124. The maximum Gasteiger partial charge on any atom is 0.279 e. The maximum absolute atomic E-state index is 12.1. The van der Waals surface area contributed by atoms with Crippen LogP contribution < -0.4 is 10.5 Å². The number of piperazine rings is 1. The zero-order valence-electron chi connectivity index (χ0n) is 11.7. The van der Waals surface area contributed by atoms with Gasteiger partial charge < -0.3 is 10.9 Å². The van der Waals surface area contributed by atoms with Crippen molar-refractivity contribution in [1.29, 1.82) is 0 Å². The van der Waals surface area contributed by atoms with Gasteiger partial charge >= 0.3 is 0 Å². The number of nitrogens with one attached hydrogen (secondary N) is 1. The van der Waals surface area contributed by atoms with Crippen LogP contribution in [0.5, 0.6) is 0 Å². The van der Waals surface area contributed by atoms with Gasteiger partial charge in [-0.15, -0.1) is 0 Å². The van der Waals surface area contributed by atoms with Crippen molar-refractivity contribution in [2.45, 2.75) is 38.3 Å². The Hall–Kier alpha value is -0.900. The van der Waals surface area contributed by atoms with Gasteiger partial charge in [0.2, 0.25) is 0 Å². The molecule has 1 aliphatic carbocycles. The first kappa shape index (κ1) is 15.5. The highest BCUT2D eigenvalue weighted by Gasteiger charge is 2.34. The molecule has 0 radical (unpaired) electrons. The van der Waals surface area contributed by atoms with E-state index in [1.165, 1.54) is 4.31 Å². The average molecular weight is 305 g/mol. The Bertz CT molecular complexity index is 455. The van der Waals surface area contributed by atoms with E-state index in [0.717, 1.165) is 19.3 Å². The van der Waals surface area contributed by atoms with Crippen molar-refractivity contribution in [1.82, 2.24) is 13.9 Å². The molecule has 1 saturated heterocycles. The summed E-state index contributed by atoms with van der Waals surface area (Å²) in [5, 5.41) is 11.8. The van der Waals surface area contributed by atoms with Crippen LogP contribution in [0, 0.1) is 0 Å². The van der Waals surface area contributed by atoms with Gasteiger partial charge in [-0.1, -0.05) is 12.1 Å². The Morgan fingerprint density at radius 1 is 1.40 bits per heavy atom.